The van der Waals surface area contributed by atoms with E-state index in [1.54, 1.807) is 0 Å². The number of benzene rings is 2. The predicted molar refractivity (Wildman–Crippen MR) is 85.6 cm³/mol. The molecule has 112 valence electrons. The fraction of sp³-hybridized carbons (Fsp3) is 0.250. The summed E-state index contributed by atoms with van der Waals surface area (Å²) in [7, 11) is -0.502. The first-order valence-electron chi connectivity index (χ1n) is 6.68. The third-order valence-corrected chi connectivity index (χ3v) is 5.37. The lowest BCUT2D eigenvalue weighted by atomic mass is 10.2. The van der Waals surface area contributed by atoms with Gasteiger partial charge in [0.2, 0.25) is 0 Å². The Labute approximate surface area is 125 Å². The molecule has 0 radical (unpaired) electrons. The van der Waals surface area contributed by atoms with E-state index in [2.05, 4.69) is 5.32 Å². The molecule has 0 bridgehead atoms. The van der Waals surface area contributed by atoms with Crippen molar-refractivity contribution in [1.29, 1.82) is 0 Å². The maximum Gasteiger partial charge on any atom is 0.356 e. The molecule has 2 aromatic rings. The third-order valence-electron chi connectivity index (χ3n) is 3.30. The van der Waals surface area contributed by atoms with E-state index < -0.39 is 13.4 Å². The van der Waals surface area contributed by atoms with Gasteiger partial charge in [0.05, 0.1) is 0 Å². The molecule has 1 N–H and O–H groups in total. The molecule has 5 heteroatoms. The van der Waals surface area contributed by atoms with Gasteiger partial charge in [0, 0.05) is 19.9 Å². The Bertz CT molecular complexity index is 605. The summed E-state index contributed by atoms with van der Waals surface area (Å²) in [5, 5.41) is 3.25. The Morgan fingerprint density at radius 1 is 0.952 bits per heavy atom. The van der Waals surface area contributed by atoms with Crippen molar-refractivity contribution >= 4 is 13.3 Å². The SMILES string of the molecule is COP(=O)(OC)[C@H](Nc1ccc(C)cc1)c1ccccc1. The zero-order chi connectivity index (χ0) is 15.3. The van der Waals surface area contributed by atoms with Crippen molar-refractivity contribution in [2.45, 2.75) is 12.7 Å². The Kier molecular flexibility index (Phi) is 5.18. The maximum absolute atomic E-state index is 12.8. The molecular formula is C16H20NO3P. The molecule has 21 heavy (non-hydrogen) atoms. The number of rotatable bonds is 6. The average molecular weight is 305 g/mol. The van der Waals surface area contributed by atoms with Crippen LogP contribution < -0.4 is 5.32 Å². The molecule has 0 fully saturated rings. The van der Waals surface area contributed by atoms with Crippen LogP contribution in [0.15, 0.2) is 54.6 Å². The summed E-state index contributed by atoms with van der Waals surface area (Å²) < 4.78 is 23.2. The summed E-state index contributed by atoms with van der Waals surface area (Å²) in [5.41, 5.74) is 2.88. The first-order valence-corrected chi connectivity index (χ1v) is 8.29. The molecule has 2 aromatic carbocycles. The van der Waals surface area contributed by atoms with Crippen LogP contribution in [0.25, 0.3) is 0 Å². The number of anilines is 1. The van der Waals surface area contributed by atoms with E-state index in [1.807, 2.05) is 61.5 Å². The molecule has 0 aromatic heterocycles. The van der Waals surface area contributed by atoms with Gasteiger partial charge in [-0.3, -0.25) is 4.57 Å². The van der Waals surface area contributed by atoms with Crippen molar-refractivity contribution < 1.29 is 13.6 Å². The van der Waals surface area contributed by atoms with Gasteiger partial charge in [0.1, 0.15) is 0 Å². The van der Waals surface area contributed by atoms with Gasteiger partial charge in [-0.15, -0.1) is 0 Å². The van der Waals surface area contributed by atoms with Crippen molar-refractivity contribution in [3.63, 3.8) is 0 Å². The van der Waals surface area contributed by atoms with Crippen LogP contribution >= 0.6 is 7.60 Å². The standard InChI is InChI=1S/C16H20NO3P/c1-13-9-11-15(12-10-13)17-16(21(18,19-2)20-3)14-7-5-4-6-8-14/h4-12,16-17H,1-3H3/t16-/m0/s1. The van der Waals surface area contributed by atoms with Crippen molar-refractivity contribution in [3.05, 3.63) is 65.7 Å². The van der Waals surface area contributed by atoms with E-state index in [0.717, 1.165) is 11.3 Å². The van der Waals surface area contributed by atoms with Crippen LogP contribution in [0, 0.1) is 6.92 Å². The lowest BCUT2D eigenvalue weighted by molar-refractivity contribution is 0.268. The van der Waals surface area contributed by atoms with Crippen LogP contribution in [-0.2, 0) is 13.6 Å². The second-order valence-corrected chi connectivity index (χ2v) is 7.05. The highest BCUT2D eigenvalue weighted by atomic mass is 31.2. The van der Waals surface area contributed by atoms with Crippen LogP contribution in [0.3, 0.4) is 0 Å². The summed E-state index contributed by atoms with van der Waals surface area (Å²) in [4.78, 5) is 0. The largest absolute Gasteiger partial charge is 0.368 e. The maximum atomic E-state index is 12.8. The summed E-state index contributed by atoms with van der Waals surface area (Å²) in [5.74, 6) is -0.559. The highest BCUT2D eigenvalue weighted by molar-refractivity contribution is 7.54. The second-order valence-electron chi connectivity index (χ2n) is 4.73. The van der Waals surface area contributed by atoms with Crippen LogP contribution in [0.1, 0.15) is 16.9 Å². The highest BCUT2D eigenvalue weighted by Crippen LogP contribution is 2.59. The number of nitrogens with one attached hydrogen (secondary N) is 1. The van der Waals surface area contributed by atoms with Crippen molar-refractivity contribution in [3.8, 4) is 0 Å². The van der Waals surface area contributed by atoms with Crippen LogP contribution in [-0.4, -0.2) is 14.2 Å². The van der Waals surface area contributed by atoms with E-state index in [0.29, 0.717) is 0 Å². The second kappa shape index (κ2) is 6.90. The molecule has 0 aliphatic carbocycles. The lowest BCUT2D eigenvalue weighted by Gasteiger charge is -2.26. The van der Waals surface area contributed by atoms with Gasteiger partial charge in [-0.1, -0.05) is 48.0 Å². The molecule has 1 atom stereocenters. The molecule has 0 unspecified atom stereocenters. The summed E-state index contributed by atoms with van der Waals surface area (Å²) in [6, 6.07) is 17.4. The smallest absolute Gasteiger partial charge is 0.356 e. The first kappa shape index (κ1) is 15.8. The number of aryl methyl sites for hydroxylation is 1. The van der Waals surface area contributed by atoms with Crippen LogP contribution in [0.5, 0.6) is 0 Å². The highest BCUT2D eigenvalue weighted by Gasteiger charge is 2.35. The Morgan fingerprint density at radius 3 is 2.05 bits per heavy atom. The Balaban J connectivity index is 2.37. The molecule has 0 aliphatic rings. The number of hydrogen-bond acceptors (Lipinski definition) is 4. The van der Waals surface area contributed by atoms with Crippen LogP contribution in [0.4, 0.5) is 5.69 Å². The molecule has 4 nitrogen and oxygen atoms in total. The zero-order valence-electron chi connectivity index (χ0n) is 12.4. The first-order chi connectivity index (χ1) is 10.1. The summed E-state index contributed by atoms with van der Waals surface area (Å²) in [6.45, 7) is 2.02. The minimum absolute atomic E-state index is 0.559. The lowest BCUT2D eigenvalue weighted by Crippen LogP contribution is -2.13. The van der Waals surface area contributed by atoms with Crippen LogP contribution in [0.2, 0.25) is 0 Å². The fourth-order valence-corrected chi connectivity index (χ4v) is 3.49. The van der Waals surface area contributed by atoms with Gasteiger partial charge in [-0.25, -0.2) is 0 Å². The monoisotopic (exact) mass is 305 g/mol. The Morgan fingerprint density at radius 2 is 1.52 bits per heavy atom. The van der Waals surface area contributed by atoms with Crippen molar-refractivity contribution in [2.24, 2.45) is 0 Å². The van der Waals surface area contributed by atoms with Gasteiger partial charge < -0.3 is 14.4 Å². The zero-order valence-corrected chi connectivity index (χ0v) is 13.3. The fourth-order valence-electron chi connectivity index (χ4n) is 2.07. The van der Waals surface area contributed by atoms with Gasteiger partial charge >= 0.3 is 7.60 Å². The predicted octanol–water partition coefficient (Wildman–Crippen LogP) is 4.59. The molecule has 0 heterocycles. The van der Waals surface area contributed by atoms with Crippen molar-refractivity contribution in [2.75, 3.05) is 19.5 Å². The quantitative estimate of drug-likeness (QED) is 0.793. The normalized spacial score (nSPS) is 12.9. The van der Waals surface area contributed by atoms with E-state index >= 15 is 0 Å². The molecule has 0 saturated carbocycles. The van der Waals surface area contributed by atoms with E-state index in [-0.39, 0.29) is 0 Å². The minimum Gasteiger partial charge on any atom is -0.368 e. The van der Waals surface area contributed by atoms with E-state index in [4.69, 9.17) is 9.05 Å². The van der Waals surface area contributed by atoms with E-state index in [9.17, 15) is 4.57 Å². The minimum atomic E-state index is -3.30. The molecular weight excluding hydrogens is 285 g/mol. The summed E-state index contributed by atoms with van der Waals surface area (Å²) >= 11 is 0. The molecule has 2 rings (SSSR count). The summed E-state index contributed by atoms with van der Waals surface area (Å²) in [6.07, 6.45) is 0. The number of hydrogen-bond donors (Lipinski definition) is 1. The molecule has 0 spiro atoms. The van der Waals surface area contributed by atoms with Gasteiger partial charge in [0.25, 0.3) is 0 Å². The average Bonchev–Trinajstić information content (AvgIpc) is 2.54. The van der Waals surface area contributed by atoms with Gasteiger partial charge in [-0.05, 0) is 24.6 Å². The van der Waals surface area contributed by atoms with Gasteiger partial charge in [-0.2, -0.15) is 0 Å². The van der Waals surface area contributed by atoms with Crippen molar-refractivity contribution in [1.82, 2.24) is 0 Å². The topological polar surface area (TPSA) is 47.6 Å². The molecule has 0 amide bonds. The van der Waals surface area contributed by atoms with Gasteiger partial charge in [0.15, 0.2) is 5.78 Å². The Hall–Kier alpha value is -1.61. The molecule has 0 aliphatic heterocycles. The van der Waals surface area contributed by atoms with E-state index in [1.165, 1.54) is 19.8 Å². The third kappa shape index (κ3) is 3.73. The molecule has 0 saturated heterocycles.